The number of hydrogen-bond acceptors (Lipinski definition) is 2. The lowest BCUT2D eigenvalue weighted by molar-refractivity contribution is 0.461. The Kier molecular flexibility index (Phi) is 6.94. The third-order valence-electron chi connectivity index (χ3n) is 3.34. The van der Waals surface area contributed by atoms with Crippen LogP contribution >= 0.6 is 15.9 Å². The van der Waals surface area contributed by atoms with Crippen molar-refractivity contribution in [2.45, 2.75) is 58.9 Å². The van der Waals surface area contributed by atoms with E-state index < -0.39 is 0 Å². The fourth-order valence-electron chi connectivity index (χ4n) is 2.29. The van der Waals surface area contributed by atoms with Gasteiger partial charge in [-0.3, -0.25) is 4.68 Å². The van der Waals surface area contributed by atoms with Crippen LogP contribution in [0.1, 0.15) is 51.4 Å². The highest BCUT2D eigenvalue weighted by molar-refractivity contribution is 9.10. The van der Waals surface area contributed by atoms with Crippen LogP contribution < -0.4 is 5.32 Å². The minimum atomic E-state index is 0.561. The van der Waals surface area contributed by atoms with Crippen LogP contribution in [0.4, 0.5) is 0 Å². The summed E-state index contributed by atoms with van der Waals surface area (Å²) in [4.78, 5) is 0. The molecule has 1 rings (SSSR count). The van der Waals surface area contributed by atoms with Gasteiger partial charge in [-0.05, 0) is 35.3 Å². The van der Waals surface area contributed by atoms with Crippen molar-refractivity contribution in [3.8, 4) is 0 Å². The first-order valence-corrected chi connectivity index (χ1v) is 7.86. The van der Waals surface area contributed by atoms with Gasteiger partial charge >= 0.3 is 0 Å². The Morgan fingerprint density at radius 2 is 2.06 bits per heavy atom. The maximum absolute atomic E-state index is 4.56. The first-order valence-electron chi connectivity index (χ1n) is 7.07. The lowest BCUT2D eigenvalue weighted by atomic mass is 10.0. The molecule has 0 aliphatic rings. The second-order valence-corrected chi connectivity index (χ2v) is 5.58. The van der Waals surface area contributed by atoms with Gasteiger partial charge in [0.25, 0.3) is 0 Å². The molecular formula is C14H26BrN3. The molecule has 4 heteroatoms. The largest absolute Gasteiger partial charge is 0.314 e. The molecule has 0 aromatic carbocycles. The van der Waals surface area contributed by atoms with E-state index in [-0.39, 0.29) is 0 Å². The van der Waals surface area contributed by atoms with E-state index in [0.29, 0.717) is 6.04 Å². The van der Waals surface area contributed by atoms with Crippen molar-refractivity contribution in [1.29, 1.82) is 0 Å². The summed E-state index contributed by atoms with van der Waals surface area (Å²) in [6.07, 6.45) is 5.82. The molecule has 1 N–H and O–H groups in total. The molecule has 0 saturated heterocycles. The number of aryl methyl sites for hydroxylation is 2. The summed E-state index contributed by atoms with van der Waals surface area (Å²) >= 11 is 3.70. The number of aromatic nitrogens is 2. The zero-order chi connectivity index (χ0) is 13.5. The van der Waals surface area contributed by atoms with E-state index in [1.807, 2.05) is 11.7 Å². The number of hydrogen-bond donors (Lipinski definition) is 1. The Labute approximate surface area is 119 Å². The van der Waals surface area contributed by atoms with Gasteiger partial charge < -0.3 is 5.32 Å². The summed E-state index contributed by atoms with van der Waals surface area (Å²) in [6, 6.07) is 0.561. The molecule has 1 atom stereocenters. The van der Waals surface area contributed by atoms with Gasteiger partial charge in [-0.1, -0.05) is 33.6 Å². The molecule has 0 spiro atoms. The van der Waals surface area contributed by atoms with Gasteiger partial charge in [-0.25, -0.2) is 0 Å². The van der Waals surface area contributed by atoms with Crippen LogP contribution in [0.3, 0.4) is 0 Å². The second kappa shape index (κ2) is 7.95. The number of likely N-dealkylation sites (N-methyl/N-ethyl adjacent to an activating group) is 1. The maximum Gasteiger partial charge on any atom is 0.0766 e. The van der Waals surface area contributed by atoms with E-state index in [4.69, 9.17) is 0 Å². The van der Waals surface area contributed by atoms with Crippen LogP contribution in [0.15, 0.2) is 4.47 Å². The molecule has 18 heavy (non-hydrogen) atoms. The zero-order valence-corrected chi connectivity index (χ0v) is 13.7. The highest BCUT2D eigenvalue weighted by atomic mass is 79.9. The molecule has 0 bridgehead atoms. The first-order chi connectivity index (χ1) is 8.63. The lowest BCUT2D eigenvalue weighted by Gasteiger charge is -2.18. The Morgan fingerprint density at radius 1 is 1.33 bits per heavy atom. The molecule has 0 aliphatic heterocycles. The van der Waals surface area contributed by atoms with Crippen LogP contribution in [0.25, 0.3) is 0 Å². The molecule has 0 amide bonds. The molecule has 1 aromatic rings. The van der Waals surface area contributed by atoms with Crippen molar-refractivity contribution in [3.05, 3.63) is 15.9 Å². The SMILES string of the molecule is CCCCC(Cc1c(Br)c(CC)nn1C)NCC. The van der Waals surface area contributed by atoms with Crippen molar-refractivity contribution < 1.29 is 0 Å². The molecular weight excluding hydrogens is 290 g/mol. The Balaban J connectivity index is 2.76. The van der Waals surface area contributed by atoms with Crippen LogP contribution in [0.5, 0.6) is 0 Å². The average molecular weight is 316 g/mol. The monoisotopic (exact) mass is 315 g/mol. The molecule has 0 fully saturated rings. The van der Waals surface area contributed by atoms with Gasteiger partial charge in [0.2, 0.25) is 0 Å². The van der Waals surface area contributed by atoms with Crippen LogP contribution in [-0.4, -0.2) is 22.4 Å². The fraction of sp³-hybridized carbons (Fsp3) is 0.786. The van der Waals surface area contributed by atoms with E-state index in [9.17, 15) is 0 Å². The number of unbranched alkanes of at least 4 members (excludes halogenated alkanes) is 1. The van der Waals surface area contributed by atoms with Crippen molar-refractivity contribution in [1.82, 2.24) is 15.1 Å². The van der Waals surface area contributed by atoms with E-state index in [1.54, 1.807) is 0 Å². The normalized spacial score (nSPS) is 12.9. The van der Waals surface area contributed by atoms with Gasteiger partial charge in [0.1, 0.15) is 0 Å². The Morgan fingerprint density at radius 3 is 2.56 bits per heavy atom. The van der Waals surface area contributed by atoms with Gasteiger partial charge in [0.05, 0.1) is 15.9 Å². The molecule has 3 nitrogen and oxygen atoms in total. The van der Waals surface area contributed by atoms with E-state index >= 15 is 0 Å². The molecule has 0 radical (unpaired) electrons. The smallest absolute Gasteiger partial charge is 0.0766 e. The predicted octanol–water partition coefficient (Wildman–Crippen LogP) is 3.46. The van der Waals surface area contributed by atoms with E-state index in [2.05, 4.69) is 47.1 Å². The molecule has 1 aromatic heterocycles. The number of nitrogens with one attached hydrogen (secondary N) is 1. The highest BCUT2D eigenvalue weighted by Crippen LogP contribution is 2.23. The van der Waals surface area contributed by atoms with Crippen molar-refractivity contribution >= 4 is 15.9 Å². The third-order valence-corrected chi connectivity index (χ3v) is 4.26. The molecule has 0 aliphatic carbocycles. The summed E-state index contributed by atoms with van der Waals surface area (Å²) in [5.41, 5.74) is 2.48. The zero-order valence-electron chi connectivity index (χ0n) is 12.1. The second-order valence-electron chi connectivity index (χ2n) is 4.79. The van der Waals surface area contributed by atoms with Crippen molar-refractivity contribution in [3.63, 3.8) is 0 Å². The predicted molar refractivity (Wildman–Crippen MR) is 81.0 cm³/mol. The summed E-state index contributed by atoms with van der Waals surface area (Å²) in [6.45, 7) is 7.60. The Hall–Kier alpha value is -0.350. The lowest BCUT2D eigenvalue weighted by Crippen LogP contribution is -2.31. The minimum absolute atomic E-state index is 0.561. The van der Waals surface area contributed by atoms with Gasteiger partial charge in [-0.15, -0.1) is 0 Å². The highest BCUT2D eigenvalue weighted by Gasteiger charge is 2.16. The average Bonchev–Trinajstić information content (AvgIpc) is 2.63. The molecule has 1 unspecified atom stereocenters. The Bertz CT molecular complexity index is 360. The topological polar surface area (TPSA) is 29.9 Å². The molecule has 104 valence electrons. The summed E-state index contributed by atoms with van der Waals surface area (Å²) < 4.78 is 3.23. The molecule has 1 heterocycles. The quantitative estimate of drug-likeness (QED) is 0.796. The molecule has 0 saturated carbocycles. The van der Waals surface area contributed by atoms with E-state index in [1.165, 1.54) is 35.1 Å². The third kappa shape index (κ3) is 4.09. The first kappa shape index (κ1) is 15.7. The van der Waals surface area contributed by atoms with E-state index in [0.717, 1.165) is 19.4 Å². The maximum atomic E-state index is 4.56. The van der Waals surface area contributed by atoms with Gasteiger partial charge in [-0.2, -0.15) is 5.10 Å². The summed E-state index contributed by atoms with van der Waals surface area (Å²) in [7, 11) is 2.04. The van der Waals surface area contributed by atoms with Crippen LogP contribution in [0.2, 0.25) is 0 Å². The fourth-order valence-corrected chi connectivity index (χ4v) is 3.07. The van der Waals surface area contributed by atoms with Crippen molar-refractivity contribution in [2.24, 2.45) is 7.05 Å². The van der Waals surface area contributed by atoms with Crippen LogP contribution in [0, 0.1) is 0 Å². The number of halogens is 1. The standard InChI is InChI=1S/C14H26BrN3/c1-5-8-9-11(16-7-3)10-13-14(15)12(6-2)17-18(13)4/h11,16H,5-10H2,1-4H3. The van der Waals surface area contributed by atoms with Crippen LogP contribution in [-0.2, 0) is 19.9 Å². The minimum Gasteiger partial charge on any atom is -0.314 e. The van der Waals surface area contributed by atoms with Crippen molar-refractivity contribution in [2.75, 3.05) is 6.54 Å². The summed E-state index contributed by atoms with van der Waals surface area (Å²) in [5.74, 6) is 0. The number of rotatable bonds is 8. The van der Waals surface area contributed by atoms with Gasteiger partial charge in [0.15, 0.2) is 0 Å². The van der Waals surface area contributed by atoms with Gasteiger partial charge in [0, 0.05) is 19.5 Å². The number of nitrogens with zero attached hydrogens (tertiary/aromatic N) is 2. The summed E-state index contributed by atoms with van der Waals surface area (Å²) in [5, 5.41) is 8.15.